The van der Waals surface area contributed by atoms with E-state index in [-0.39, 0.29) is 17.0 Å². The molecule has 0 saturated heterocycles. The maximum atomic E-state index is 5.75. The van der Waals surface area contributed by atoms with Crippen molar-refractivity contribution in [1.82, 2.24) is 0 Å². The van der Waals surface area contributed by atoms with E-state index in [9.17, 15) is 0 Å². The Morgan fingerprint density at radius 1 is 0.413 bits per heavy atom. The summed E-state index contributed by atoms with van der Waals surface area (Å²) in [4.78, 5) is 0. The summed E-state index contributed by atoms with van der Waals surface area (Å²) in [5.41, 5.74) is 1.25. The van der Waals surface area contributed by atoms with Crippen LogP contribution in [-0.4, -0.2) is 12.8 Å². The summed E-state index contributed by atoms with van der Waals surface area (Å²) in [6.45, 7) is 1.54. The van der Waals surface area contributed by atoms with Crippen LogP contribution in [0.1, 0.15) is 95.5 Å². The molecule has 0 amide bonds. The second-order valence-electron chi connectivity index (χ2n) is 12.2. The minimum atomic E-state index is -1.67. The van der Waals surface area contributed by atoms with Crippen LogP contribution in [0.5, 0.6) is 0 Å². The fraction of sp³-hybridized carbons (Fsp3) is 0.395. The summed E-state index contributed by atoms with van der Waals surface area (Å²) in [6, 6.07) is 44.4. The van der Waals surface area contributed by atoms with Gasteiger partial charge in [0.15, 0.2) is 0 Å². The molecule has 0 aliphatic heterocycles. The number of halogens is 1. The fourth-order valence-electron chi connectivity index (χ4n) is 6.22. The average Bonchev–Trinajstić information content (AvgIpc) is 3.11. The smallest absolute Gasteiger partial charge is 0.112 e. The predicted octanol–water partition coefficient (Wildman–Crippen LogP) is 7.67. The highest BCUT2D eigenvalue weighted by Crippen LogP contribution is 2.56. The molecule has 4 aromatic carbocycles. The van der Waals surface area contributed by atoms with Crippen molar-refractivity contribution in [1.29, 1.82) is 0 Å². The maximum absolute atomic E-state index is 5.75. The Kier molecular flexibility index (Phi) is 19.4. The zero-order chi connectivity index (χ0) is 31.1. The van der Waals surface area contributed by atoms with E-state index < -0.39 is 7.26 Å². The Balaban J connectivity index is 0.00000576. The second kappa shape index (κ2) is 23.6. The first-order chi connectivity index (χ1) is 22.4. The molecule has 46 heavy (non-hydrogen) atoms. The van der Waals surface area contributed by atoms with Crippen molar-refractivity contribution < 1.29 is 21.7 Å². The molecular formula is C43H54BrOP. The predicted molar refractivity (Wildman–Crippen MR) is 199 cm³/mol. The van der Waals surface area contributed by atoms with Gasteiger partial charge >= 0.3 is 0 Å². The van der Waals surface area contributed by atoms with Crippen molar-refractivity contribution >= 4 is 23.2 Å². The van der Waals surface area contributed by atoms with Gasteiger partial charge in [0.2, 0.25) is 0 Å². The van der Waals surface area contributed by atoms with Crippen molar-refractivity contribution in [2.75, 3.05) is 12.8 Å². The topological polar surface area (TPSA) is 9.23 Å². The van der Waals surface area contributed by atoms with Gasteiger partial charge in [-0.25, -0.2) is 0 Å². The molecule has 0 bridgehead atoms. The van der Waals surface area contributed by atoms with Gasteiger partial charge in [-0.2, -0.15) is 0 Å². The summed E-state index contributed by atoms with van der Waals surface area (Å²) < 4.78 is 5.75. The lowest BCUT2D eigenvalue weighted by molar-refractivity contribution is -0.00000960. The van der Waals surface area contributed by atoms with Crippen molar-refractivity contribution in [3.63, 3.8) is 0 Å². The molecule has 244 valence electrons. The number of rotatable bonds is 21. The van der Waals surface area contributed by atoms with Crippen molar-refractivity contribution in [3.05, 3.63) is 127 Å². The Bertz CT molecular complexity index is 1250. The molecule has 3 heteroatoms. The van der Waals surface area contributed by atoms with E-state index in [2.05, 4.69) is 127 Å². The molecule has 4 rings (SSSR count). The number of unbranched alkanes of at least 4 members (excludes halogenated alkanes) is 12. The molecule has 0 aliphatic rings. The molecule has 0 N–H and O–H groups in total. The Morgan fingerprint density at radius 3 is 1.24 bits per heavy atom. The lowest BCUT2D eigenvalue weighted by Gasteiger charge is -2.27. The highest BCUT2D eigenvalue weighted by Gasteiger charge is 2.44. The van der Waals surface area contributed by atoms with Crippen LogP contribution in [0, 0.1) is 11.8 Å². The molecule has 0 spiro atoms. The SMILES string of the molecule is C(#CCCCCOCc1ccccc1)CCCCCCCCCCCC[P+](c1ccccc1)(c1ccccc1)c1ccccc1.[Br-]. The van der Waals surface area contributed by atoms with Gasteiger partial charge in [0, 0.05) is 19.4 Å². The molecule has 0 saturated carbocycles. The van der Waals surface area contributed by atoms with Crippen LogP contribution in [0.4, 0.5) is 0 Å². The van der Waals surface area contributed by atoms with Gasteiger partial charge in [-0.3, -0.25) is 0 Å². The van der Waals surface area contributed by atoms with Gasteiger partial charge in [-0.1, -0.05) is 130 Å². The lowest BCUT2D eigenvalue weighted by atomic mass is 10.1. The van der Waals surface area contributed by atoms with Crippen LogP contribution >= 0.6 is 7.26 Å². The summed E-state index contributed by atoms with van der Waals surface area (Å²) >= 11 is 0. The van der Waals surface area contributed by atoms with Crippen LogP contribution in [0.15, 0.2) is 121 Å². The molecule has 0 aliphatic carbocycles. The maximum Gasteiger partial charge on any atom is 0.112 e. The van der Waals surface area contributed by atoms with E-state index >= 15 is 0 Å². The summed E-state index contributed by atoms with van der Waals surface area (Å²) in [6.07, 6.45) is 19.0. The van der Waals surface area contributed by atoms with Crippen molar-refractivity contribution in [2.24, 2.45) is 0 Å². The van der Waals surface area contributed by atoms with Gasteiger partial charge in [0.25, 0.3) is 0 Å². The van der Waals surface area contributed by atoms with Crippen molar-refractivity contribution in [2.45, 2.75) is 96.5 Å². The van der Waals surface area contributed by atoms with Crippen molar-refractivity contribution in [3.8, 4) is 11.8 Å². The third-order valence-electron chi connectivity index (χ3n) is 8.71. The lowest BCUT2D eigenvalue weighted by Crippen LogP contribution is -3.00. The quantitative estimate of drug-likeness (QED) is 0.0494. The monoisotopic (exact) mass is 696 g/mol. The number of hydrogen-bond donors (Lipinski definition) is 0. The molecule has 0 atom stereocenters. The number of hydrogen-bond acceptors (Lipinski definition) is 1. The molecule has 0 unspecified atom stereocenters. The third-order valence-corrected chi connectivity index (χ3v) is 13.2. The Morgan fingerprint density at radius 2 is 0.783 bits per heavy atom. The van der Waals surface area contributed by atoms with Crippen LogP contribution in [0.3, 0.4) is 0 Å². The van der Waals surface area contributed by atoms with E-state index in [0.29, 0.717) is 6.61 Å². The highest BCUT2D eigenvalue weighted by molar-refractivity contribution is 7.95. The molecule has 4 aromatic rings. The normalized spacial score (nSPS) is 11.0. The first kappa shape index (κ1) is 37.8. The summed E-state index contributed by atoms with van der Waals surface area (Å²) in [5.74, 6) is 6.75. The Hall–Kier alpha value is -2.69. The molecule has 0 aromatic heterocycles. The molecule has 1 nitrogen and oxygen atoms in total. The van der Waals surface area contributed by atoms with E-state index in [1.807, 2.05) is 6.07 Å². The number of benzene rings is 4. The Labute approximate surface area is 291 Å². The average molecular weight is 698 g/mol. The molecule has 0 radical (unpaired) electrons. The second-order valence-corrected chi connectivity index (χ2v) is 15.8. The van der Waals surface area contributed by atoms with Gasteiger partial charge in [0.1, 0.15) is 23.2 Å². The standard InChI is InChI=1S/C43H54OP.BrH/c1(3-5-7-9-11-13-27-37-44-39-40-29-19-15-20-30-40)2-4-6-8-10-12-14-28-38-45(41-31-21-16-22-32-41,42-33-23-17-24-34-42)43-35-25-18-26-36-43;/h15-26,29-36H,1-6,8,10-14,27-28,37-39H2;1H/q+1;/p-1. The molecular weight excluding hydrogens is 643 g/mol. The van der Waals surface area contributed by atoms with Crippen LogP contribution in [0.25, 0.3) is 0 Å². The largest absolute Gasteiger partial charge is 1.00 e. The van der Waals surface area contributed by atoms with Gasteiger partial charge in [-0.05, 0) is 74.1 Å². The van der Waals surface area contributed by atoms with Crippen LogP contribution < -0.4 is 32.9 Å². The minimum absolute atomic E-state index is 0. The third kappa shape index (κ3) is 13.2. The summed E-state index contributed by atoms with van der Waals surface area (Å²) in [5, 5.41) is 4.52. The van der Waals surface area contributed by atoms with E-state index in [1.54, 1.807) is 0 Å². The molecule has 0 heterocycles. The summed E-state index contributed by atoms with van der Waals surface area (Å²) in [7, 11) is -1.67. The molecule has 0 fully saturated rings. The van der Waals surface area contributed by atoms with Crippen LogP contribution in [-0.2, 0) is 11.3 Å². The van der Waals surface area contributed by atoms with Gasteiger partial charge in [0.05, 0.1) is 12.8 Å². The van der Waals surface area contributed by atoms with Crippen LogP contribution in [0.2, 0.25) is 0 Å². The minimum Gasteiger partial charge on any atom is -1.00 e. The van der Waals surface area contributed by atoms with E-state index in [0.717, 1.165) is 32.3 Å². The number of ether oxygens (including phenoxy) is 1. The van der Waals surface area contributed by atoms with E-state index in [1.165, 1.54) is 91.8 Å². The fourth-order valence-corrected chi connectivity index (χ4v) is 10.6. The first-order valence-electron chi connectivity index (χ1n) is 17.5. The highest BCUT2D eigenvalue weighted by atomic mass is 79.9. The zero-order valence-electron chi connectivity index (χ0n) is 27.8. The van der Waals surface area contributed by atoms with Gasteiger partial charge in [-0.15, -0.1) is 11.8 Å². The van der Waals surface area contributed by atoms with Gasteiger partial charge < -0.3 is 21.7 Å². The van der Waals surface area contributed by atoms with E-state index in [4.69, 9.17) is 4.74 Å². The zero-order valence-corrected chi connectivity index (χ0v) is 30.3. The first-order valence-corrected chi connectivity index (χ1v) is 19.5.